The molecule has 0 unspecified atom stereocenters. The first-order valence-electron chi connectivity index (χ1n) is 6.94. The van der Waals surface area contributed by atoms with E-state index < -0.39 is 0 Å². The van der Waals surface area contributed by atoms with Crippen molar-refractivity contribution in [1.82, 2.24) is 9.97 Å². The van der Waals surface area contributed by atoms with Crippen LogP contribution in [0.15, 0.2) is 53.9 Å². The number of carbonyl (C=O) groups is 1. The van der Waals surface area contributed by atoms with Crippen molar-refractivity contribution in [3.63, 3.8) is 0 Å². The van der Waals surface area contributed by atoms with E-state index in [9.17, 15) is 4.79 Å². The molecule has 3 rings (SSSR count). The van der Waals surface area contributed by atoms with Crippen LogP contribution >= 0.6 is 11.3 Å². The minimum atomic E-state index is -0.108. The number of hydrogen-bond donors (Lipinski definition) is 1. The van der Waals surface area contributed by atoms with Gasteiger partial charge in [0.1, 0.15) is 10.8 Å². The maximum atomic E-state index is 12.1. The lowest BCUT2D eigenvalue weighted by Gasteiger charge is -2.03. The molecule has 0 spiro atoms. The van der Waals surface area contributed by atoms with Gasteiger partial charge in [-0.15, -0.1) is 11.3 Å². The van der Waals surface area contributed by atoms with E-state index in [1.54, 1.807) is 17.4 Å². The molecule has 0 saturated carbocycles. The van der Waals surface area contributed by atoms with Gasteiger partial charge in [0.15, 0.2) is 0 Å². The molecule has 0 atom stereocenters. The van der Waals surface area contributed by atoms with Crippen LogP contribution in [-0.2, 0) is 11.2 Å². The Hall–Kier alpha value is -2.53. The molecule has 3 aromatic rings. The van der Waals surface area contributed by atoms with Gasteiger partial charge >= 0.3 is 0 Å². The summed E-state index contributed by atoms with van der Waals surface area (Å²) in [5, 5.41) is 5.64. The number of amides is 1. The zero-order valence-electron chi connectivity index (χ0n) is 12.1. The fourth-order valence-corrected chi connectivity index (χ4v) is 2.89. The average molecular weight is 309 g/mol. The number of aryl methyl sites for hydroxylation is 1. The third kappa shape index (κ3) is 3.56. The van der Waals surface area contributed by atoms with E-state index in [1.807, 2.05) is 54.8 Å². The normalized spacial score (nSPS) is 10.4. The quantitative estimate of drug-likeness (QED) is 0.799. The lowest BCUT2D eigenvalue weighted by atomic mass is 10.2. The van der Waals surface area contributed by atoms with Crippen LogP contribution in [0.25, 0.3) is 10.6 Å². The number of carbonyl (C=O) groups excluding carboxylic acids is 1. The third-order valence-corrected chi connectivity index (χ3v) is 4.01. The first kappa shape index (κ1) is 14.4. The van der Waals surface area contributed by atoms with Crippen molar-refractivity contribution in [2.45, 2.75) is 13.3 Å². The highest BCUT2D eigenvalue weighted by atomic mass is 32.1. The van der Waals surface area contributed by atoms with Crippen LogP contribution in [0.1, 0.15) is 11.4 Å². The van der Waals surface area contributed by atoms with E-state index in [0.29, 0.717) is 5.82 Å². The minimum Gasteiger partial charge on any atom is -0.310 e. The smallest absolute Gasteiger partial charge is 0.231 e. The SMILES string of the molecule is Cc1cccc(NC(=O)Cc2csc(-c3ccccc3)n2)n1. The molecule has 2 aromatic heterocycles. The van der Waals surface area contributed by atoms with Crippen LogP contribution < -0.4 is 5.32 Å². The Labute approximate surface area is 132 Å². The van der Waals surface area contributed by atoms with Crippen LogP contribution in [0.5, 0.6) is 0 Å². The second-order valence-electron chi connectivity index (χ2n) is 4.90. The van der Waals surface area contributed by atoms with Gasteiger partial charge in [0.05, 0.1) is 12.1 Å². The number of hydrogen-bond acceptors (Lipinski definition) is 4. The van der Waals surface area contributed by atoms with E-state index in [4.69, 9.17) is 0 Å². The van der Waals surface area contributed by atoms with Crippen LogP contribution in [0.4, 0.5) is 5.82 Å². The fourth-order valence-electron chi connectivity index (χ4n) is 2.07. The Morgan fingerprint density at radius 2 is 1.91 bits per heavy atom. The summed E-state index contributed by atoms with van der Waals surface area (Å²) in [4.78, 5) is 20.8. The molecule has 2 heterocycles. The van der Waals surface area contributed by atoms with Crippen LogP contribution in [0.2, 0.25) is 0 Å². The van der Waals surface area contributed by atoms with Gasteiger partial charge in [-0.05, 0) is 19.1 Å². The summed E-state index contributed by atoms with van der Waals surface area (Å²) >= 11 is 1.55. The highest BCUT2D eigenvalue weighted by Gasteiger charge is 2.09. The van der Waals surface area contributed by atoms with Gasteiger partial charge in [0.25, 0.3) is 0 Å². The lowest BCUT2D eigenvalue weighted by Crippen LogP contribution is -2.15. The summed E-state index contributed by atoms with van der Waals surface area (Å²) in [6.07, 6.45) is 0.249. The van der Waals surface area contributed by atoms with Crippen molar-refractivity contribution < 1.29 is 4.79 Å². The number of aromatic nitrogens is 2. The zero-order chi connectivity index (χ0) is 15.4. The van der Waals surface area contributed by atoms with E-state index in [-0.39, 0.29) is 12.3 Å². The van der Waals surface area contributed by atoms with E-state index in [1.165, 1.54) is 0 Å². The van der Waals surface area contributed by atoms with Crippen molar-refractivity contribution >= 4 is 23.1 Å². The molecule has 22 heavy (non-hydrogen) atoms. The van der Waals surface area contributed by atoms with E-state index >= 15 is 0 Å². The zero-order valence-corrected chi connectivity index (χ0v) is 12.9. The molecule has 1 N–H and O–H groups in total. The Balaban J connectivity index is 1.66. The molecular weight excluding hydrogens is 294 g/mol. The first-order valence-corrected chi connectivity index (χ1v) is 7.82. The molecule has 0 aliphatic rings. The summed E-state index contributed by atoms with van der Waals surface area (Å²) in [6.45, 7) is 1.89. The molecule has 4 nitrogen and oxygen atoms in total. The number of pyridine rings is 1. The number of nitrogens with zero attached hydrogens (tertiary/aromatic N) is 2. The molecule has 5 heteroatoms. The van der Waals surface area contributed by atoms with Gasteiger partial charge in [-0.2, -0.15) is 0 Å². The van der Waals surface area contributed by atoms with Crippen molar-refractivity contribution in [1.29, 1.82) is 0 Å². The van der Waals surface area contributed by atoms with Crippen molar-refractivity contribution in [3.8, 4) is 10.6 Å². The van der Waals surface area contributed by atoms with Crippen molar-refractivity contribution in [3.05, 3.63) is 65.3 Å². The van der Waals surface area contributed by atoms with Gasteiger partial charge < -0.3 is 5.32 Å². The molecule has 0 aliphatic carbocycles. The number of anilines is 1. The summed E-state index contributed by atoms with van der Waals surface area (Å²) in [7, 11) is 0. The number of thiazole rings is 1. The van der Waals surface area contributed by atoms with Gasteiger partial charge in [-0.25, -0.2) is 9.97 Å². The molecule has 0 saturated heterocycles. The molecule has 0 radical (unpaired) electrons. The standard InChI is InChI=1S/C17H15N3OS/c1-12-6-5-9-15(18-12)20-16(21)10-14-11-22-17(19-14)13-7-3-2-4-8-13/h2-9,11H,10H2,1H3,(H,18,20,21). The maximum Gasteiger partial charge on any atom is 0.231 e. The Morgan fingerprint density at radius 1 is 1.09 bits per heavy atom. The van der Waals surface area contributed by atoms with Crippen LogP contribution in [0.3, 0.4) is 0 Å². The molecule has 0 fully saturated rings. The second-order valence-corrected chi connectivity index (χ2v) is 5.76. The Kier molecular flexibility index (Phi) is 4.25. The van der Waals surface area contributed by atoms with Crippen LogP contribution in [-0.4, -0.2) is 15.9 Å². The predicted octanol–water partition coefficient (Wildman–Crippen LogP) is 3.69. The minimum absolute atomic E-state index is 0.108. The monoisotopic (exact) mass is 309 g/mol. The van der Waals surface area contributed by atoms with Crippen molar-refractivity contribution in [2.24, 2.45) is 0 Å². The third-order valence-electron chi connectivity index (χ3n) is 3.07. The number of rotatable bonds is 4. The molecular formula is C17H15N3OS. The van der Waals surface area contributed by atoms with E-state index in [2.05, 4.69) is 15.3 Å². The summed E-state index contributed by atoms with van der Waals surface area (Å²) in [6, 6.07) is 15.5. The summed E-state index contributed by atoms with van der Waals surface area (Å²) in [5.74, 6) is 0.464. The average Bonchev–Trinajstić information content (AvgIpc) is 2.96. The molecule has 1 amide bonds. The van der Waals surface area contributed by atoms with Crippen LogP contribution in [0, 0.1) is 6.92 Å². The Bertz CT molecular complexity index is 783. The highest BCUT2D eigenvalue weighted by molar-refractivity contribution is 7.13. The topological polar surface area (TPSA) is 54.9 Å². The summed E-state index contributed by atoms with van der Waals surface area (Å²) < 4.78 is 0. The van der Waals surface area contributed by atoms with Gasteiger partial charge in [0.2, 0.25) is 5.91 Å². The second kappa shape index (κ2) is 6.49. The Morgan fingerprint density at radius 3 is 2.68 bits per heavy atom. The van der Waals surface area contributed by atoms with Gasteiger partial charge in [-0.1, -0.05) is 36.4 Å². The fraction of sp³-hybridized carbons (Fsp3) is 0.118. The number of nitrogens with one attached hydrogen (secondary N) is 1. The van der Waals surface area contributed by atoms with E-state index in [0.717, 1.165) is 22.0 Å². The number of benzene rings is 1. The largest absolute Gasteiger partial charge is 0.310 e. The van der Waals surface area contributed by atoms with Gasteiger partial charge in [-0.3, -0.25) is 4.79 Å². The van der Waals surface area contributed by atoms with Gasteiger partial charge in [0, 0.05) is 16.6 Å². The molecule has 0 bridgehead atoms. The maximum absolute atomic E-state index is 12.1. The predicted molar refractivity (Wildman–Crippen MR) is 88.9 cm³/mol. The highest BCUT2D eigenvalue weighted by Crippen LogP contribution is 2.23. The molecule has 0 aliphatic heterocycles. The van der Waals surface area contributed by atoms with Crippen molar-refractivity contribution in [2.75, 3.05) is 5.32 Å². The first-order chi connectivity index (χ1) is 10.7. The summed E-state index contributed by atoms with van der Waals surface area (Å²) in [5.41, 5.74) is 2.71. The molecule has 110 valence electrons. The lowest BCUT2D eigenvalue weighted by molar-refractivity contribution is -0.115. The molecule has 1 aromatic carbocycles.